The predicted octanol–water partition coefficient (Wildman–Crippen LogP) is 3.44. The standard InChI is InChI=1S/C16H24N4S/c1-12(2)16-18-14(11-21-16)9-19-6-4-5-15(19)10-20-8-13(3)7-17-20/h7-8,11-12,15H,4-6,9-10H2,1-3H3. The Hall–Kier alpha value is -1.20. The molecule has 0 saturated carbocycles. The van der Waals surface area contributed by atoms with Crippen molar-refractivity contribution in [2.75, 3.05) is 6.54 Å². The summed E-state index contributed by atoms with van der Waals surface area (Å²) in [5.74, 6) is 0.533. The molecule has 1 atom stereocenters. The SMILES string of the molecule is Cc1cnn(CC2CCCN2Cc2csc(C(C)C)n2)c1. The van der Waals surface area contributed by atoms with E-state index in [4.69, 9.17) is 4.98 Å². The Balaban J connectivity index is 1.63. The molecule has 4 nitrogen and oxygen atoms in total. The van der Waals surface area contributed by atoms with E-state index in [9.17, 15) is 0 Å². The van der Waals surface area contributed by atoms with E-state index < -0.39 is 0 Å². The monoisotopic (exact) mass is 304 g/mol. The number of hydrogen-bond acceptors (Lipinski definition) is 4. The molecule has 0 amide bonds. The Kier molecular flexibility index (Phi) is 4.40. The molecule has 21 heavy (non-hydrogen) atoms. The highest BCUT2D eigenvalue weighted by atomic mass is 32.1. The van der Waals surface area contributed by atoms with Gasteiger partial charge in [0.2, 0.25) is 0 Å². The fraction of sp³-hybridized carbons (Fsp3) is 0.625. The molecule has 114 valence electrons. The number of nitrogens with zero attached hydrogens (tertiary/aromatic N) is 4. The van der Waals surface area contributed by atoms with Gasteiger partial charge in [0.15, 0.2) is 0 Å². The molecule has 0 aliphatic carbocycles. The van der Waals surface area contributed by atoms with Crippen LogP contribution in [0.4, 0.5) is 0 Å². The molecule has 1 saturated heterocycles. The topological polar surface area (TPSA) is 34.0 Å². The third kappa shape index (κ3) is 3.52. The minimum Gasteiger partial charge on any atom is -0.293 e. The molecule has 1 aliphatic heterocycles. The van der Waals surface area contributed by atoms with Crippen molar-refractivity contribution >= 4 is 11.3 Å². The van der Waals surface area contributed by atoms with E-state index in [0.29, 0.717) is 12.0 Å². The molecule has 0 bridgehead atoms. The Bertz CT molecular complexity index is 587. The molecule has 0 aromatic carbocycles. The maximum Gasteiger partial charge on any atom is 0.0954 e. The maximum atomic E-state index is 4.77. The molecule has 1 aliphatic rings. The van der Waals surface area contributed by atoms with Crippen molar-refractivity contribution in [1.29, 1.82) is 0 Å². The van der Waals surface area contributed by atoms with Gasteiger partial charge in [0.25, 0.3) is 0 Å². The van der Waals surface area contributed by atoms with Crippen LogP contribution in [-0.2, 0) is 13.1 Å². The Labute approximate surface area is 130 Å². The maximum absolute atomic E-state index is 4.77. The van der Waals surface area contributed by atoms with Crippen LogP contribution in [0.1, 0.15) is 48.9 Å². The lowest BCUT2D eigenvalue weighted by Gasteiger charge is -2.23. The van der Waals surface area contributed by atoms with Crippen LogP contribution in [-0.4, -0.2) is 32.3 Å². The van der Waals surface area contributed by atoms with Crippen LogP contribution in [0.2, 0.25) is 0 Å². The van der Waals surface area contributed by atoms with Crippen molar-refractivity contribution in [3.63, 3.8) is 0 Å². The molecule has 0 radical (unpaired) electrons. The average molecular weight is 304 g/mol. The summed E-state index contributed by atoms with van der Waals surface area (Å²) in [6.45, 7) is 9.67. The summed E-state index contributed by atoms with van der Waals surface area (Å²) in [5.41, 5.74) is 2.47. The van der Waals surface area contributed by atoms with Crippen LogP contribution in [0.25, 0.3) is 0 Å². The lowest BCUT2D eigenvalue weighted by Crippen LogP contribution is -2.32. The average Bonchev–Trinajstić information content (AvgIpc) is 3.14. The Morgan fingerprint density at radius 1 is 1.43 bits per heavy atom. The van der Waals surface area contributed by atoms with E-state index >= 15 is 0 Å². The highest BCUT2D eigenvalue weighted by Crippen LogP contribution is 2.24. The van der Waals surface area contributed by atoms with Crippen LogP contribution >= 0.6 is 11.3 Å². The highest BCUT2D eigenvalue weighted by Gasteiger charge is 2.25. The molecule has 2 aromatic rings. The van der Waals surface area contributed by atoms with Crippen molar-refractivity contribution in [3.05, 3.63) is 34.0 Å². The molecule has 0 N–H and O–H groups in total. The van der Waals surface area contributed by atoms with E-state index in [-0.39, 0.29) is 0 Å². The first kappa shape index (κ1) is 14.7. The number of rotatable bonds is 5. The normalized spacial score (nSPS) is 19.7. The number of aryl methyl sites for hydroxylation is 1. The summed E-state index contributed by atoms with van der Waals surface area (Å²) < 4.78 is 2.08. The molecule has 2 aromatic heterocycles. The summed E-state index contributed by atoms with van der Waals surface area (Å²) >= 11 is 1.79. The predicted molar refractivity (Wildman–Crippen MR) is 86.6 cm³/mol. The van der Waals surface area contributed by atoms with Gasteiger partial charge in [-0.15, -0.1) is 11.3 Å². The number of thiazole rings is 1. The van der Waals surface area contributed by atoms with Gasteiger partial charge in [-0.3, -0.25) is 9.58 Å². The molecule has 5 heteroatoms. The summed E-state index contributed by atoms with van der Waals surface area (Å²) in [6.07, 6.45) is 6.62. The third-order valence-corrected chi connectivity index (χ3v) is 5.28. The zero-order valence-electron chi connectivity index (χ0n) is 13.1. The second kappa shape index (κ2) is 6.28. The molecule has 1 unspecified atom stereocenters. The molecule has 0 spiro atoms. The number of hydrogen-bond donors (Lipinski definition) is 0. The van der Waals surface area contributed by atoms with Crippen LogP contribution < -0.4 is 0 Å². The quantitative estimate of drug-likeness (QED) is 0.848. The van der Waals surface area contributed by atoms with Gasteiger partial charge < -0.3 is 0 Å². The van der Waals surface area contributed by atoms with E-state index in [1.807, 2.05) is 6.20 Å². The van der Waals surface area contributed by atoms with Crippen LogP contribution in [0.5, 0.6) is 0 Å². The molecule has 3 heterocycles. The fourth-order valence-electron chi connectivity index (χ4n) is 2.96. The van der Waals surface area contributed by atoms with Crippen molar-refractivity contribution in [2.45, 2.75) is 58.7 Å². The summed E-state index contributed by atoms with van der Waals surface area (Å²) in [7, 11) is 0. The molecular formula is C16H24N4S. The second-order valence-electron chi connectivity index (χ2n) is 6.34. The second-order valence-corrected chi connectivity index (χ2v) is 7.23. The van der Waals surface area contributed by atoms with Crippen LogP contribution in [0.15, 0.2) is 17.8 Å². The zero-order valence-corrected chi connectivity index (χ0v) is 13.9. The molecular weight excluding hydrogens is 280 g/mol. The summed E-state index contributed by atoms with van der Waals surface area (Å²) in [6, 6.07) is 0.591. The van der Waals surface area contributed by atoms with E-state index in [0.717, 1.165) is 13.1 Å². The van der Waals surface area contributed by atoms with Gasteiger partial charge in [0.1, 0.15) is 0 Å². The fourth-order valence-corrected chi connectivity index (χ4v) is 3.79. The summed E-state index contributed by atoms with van der Waals surface area (Å²) in [5, 5.41) is 7.90. The van der Waals surface area contributed by atoms with Crippen molar-refractivity contribution in [2.24, 2.45) is 0 Å². The highest BCUT2D eigenvalue weighted by molar-refractivity contribution is 7.09. The molecule has 3 rings (SSSR count). The van der Waals surface area contributed by atoms with Gasteiger partial charge in [-0.25, -0.2) is 4.98 Å². The van der Waals surface area contributed by atoms with Gasteiger partial charge in [0, 0.05) is 30.1 Å². The first-order valence-electron chi connectivity index (χ1n) is 7.79. The van der Waals surface area contributed by atoms with Crippen LogP contribution in [0.3, 0.4) is 0 Å². The van der Waals surface area contributed by atoms with E-state index in [2.05, 4.69) is 47.0 Å². The lowest BCUT2D eigenvalue weighted by atomic mass is 10.2. The number of likely N-dealkylation sites (tertiary alicyclic amines) is 1. The van der Waals surface area contributed by atoms with Gasteiger partial charge in [-0.2, -0.15) is 5.10 Å². The Morgan fingerprint density at radius 3 is 2.95 bits per heavy atom. The van der Waals surface area contributed by atoms with Crippen molar-refractivity contribution in [1.82, 2.24) is 19.7 Å². The van der Waals surface area contributed by atoms with Crippen LogP contribution in [0, 0.1) is 6.92 Å². The van der Waals surface area contributed by atoms with E-state index in [1.54, 1.807) is 11.3 Å². The minimum atomic E-state index is 0.533. The molecule has 1 fully saturated rings. The number of aromatic nitrogens is 3. The van der Waals surface area contributed by atoms with Crippen molar-refractivity contribution < 1.29 is 0 Å². The van der Waals surface area contributed by atoms with Gasteiger partial charge in [0.05, 0.1) is 23.4 Å². The Morgan fingerprint density at radius 2 is 2.29 bits per heavy atom. The first-order chi connectivity index (χ1) is 10.1. The first-order valence-corrected chi connectivity index (χ1v) is 8.67. The van der Waals surface area contributed by atoms with E-state index in [1.165, 1.54) is 35.7 Å². The van der Waals surface area contributed by atoms with Gasteiger partial charge in [-0.05, 0) is 31.9 Å². The smallest absolute Gasteiger partial charge is 0.0954 e. The van der Waals surface area contributed by atoms with Gasteiger partial charge >= 0.3 is 0 Å². The lowest BCUT2D eigenvalue weighted by molar-refractivity contribution is 0.217. The third-order valence-electron chi connectivity index (χ3n) is 4.09. The summed E-state index contributed by atoms with van der Waals surface area (Å²) in [4.78, 5) is 7.34. The van der Waals surface area contributed by atoms with Crippen molar-refractivity contribution in [3.8, 4) is 0 Å². The van der Waals surface area contributed by atoms with Gasteiger partial charge in [-0.1, -0.05) is 13.8 Å². The zero-order chi connectivity index (χ0) is 14.8. The largest absolute Gasteiger partial charge is 0.293 e. The minimum absolute atomic E-state index is 0.533.